The van der Waals surface area contributed by atoms with Crippen molar-refractivity contribution >= 4 is 11.8 Å². The number of aromatic nitrogens is 2. The van der Waals surface area contributed by atoms with Crippen molar-refractivity contribution in [3.05, 3.63) is 41.6 Å². The van der Waals surface area contributed by atoms with Gasteiger partial charge in [-0.15, -0.1) is 0 Å². The molecular formula is C22H31N5O2. The monoisotopic (exact) mass is 397 g/mol. The number of rotatable bonds is 6. The standard InChI is InChI=1S/C22H31N5O2/c1-17-16-21(23-9-6-18-2-4-20(28)5-3-18)25-22(24-17)27-10-7-19(8-11-27)26-12-14-29-15-13-26/h2-5,16,19,28H,6-15H2,1H3,(H,23,24,25). The Morgan fingerprint density at radius 1 is 1.07 bits per heavy atom. The second-order valence-electron chi connectivity index (χ2n) is 7.90. The molecule has 7 nitrogen and oxygen atoms in total. The number of benzene rings is 1. The molecular weight excluding hydrogens is 366 g/mol. The average Bonchev–Trinajstić information content (AvgIpc) is 2.75. The first-order chi connectivity index (χ1) is 14.2. The van der Waals surface area contributed by atoms with E-state index in [0.717, 1.165) is 82.7 Å². The number of anilines is 2. The molecule has 2 aliphatic heterocycles. The maximum absolute atomic E-state index is 9.39. The summed E-state index contributed by atoms with van der Waals surface area (Å²) in [6.45, 7) is 8.65. The molecule has 1 aromatic carbocycles. The highest BCUT2D eigenvalue weighted by Crippen LogP contribution is 2.22. The Balaban J connectivity index is 1.31. The molecule has 156 valence electrons. The van der Waals surface area contributed by atoms with E-state index in [1.54, 1.807) is 12.1 Å². The number of phenolic OH excluding ortho intramolecular Hbond substituents is 1. The zero-order valence-corrected chi connectivity index (χ0v) is 17.2. The SMILES string of the molecule is Cc1cc(NCCc2ccc(O)cc2)nc(N2CCC(N3CCOCC3)CC2)n1. The molecule has 3 heterocycles. The zero-order valence-electron chi connectivity index (χ0n) is 17.2. The molecule has 29 heavy (non-hydrogen) atoms. The lowest BCUT2D eigenvalue weighted by Gasteiger charge is -2.40. The zero-order chi connectivity index (χ0) is 20.1. The third-order valence-corrected chi connectivity index (χ3v) is 5.81. The molecule has 0 bridgehead atoms. The Morgan fingerprint density at radius 3 is 2.52 bits per heavy atom. The number of piperidine rings is 1. The number of morpholine rings is 1. The van der Waals surface area contributed by atoms with E-state index < -0.39 is 0 Å². The molecule has 0 atom stereocenters. The quantitative estimate of drug-likeness (QED) is 0.776. The Morgan fingerprint density at radius 2 is 1.79 bits per heavy atom. The van der Waals surface area contributed by atoms with Gasteiger partial charge in [0, 0.05) is 50.5 Å². The van der Waals surface area contributed by atoms with Crippen LogP contribution in [0.2, 0.25) is 0 Å². The molecule has 7 heteroatoms. The number of hydrogen-bond acceptors (Lipinski definition) is 7. The van der Waals surface area contributed by atoms with Gasteiger partial charge in [-0.1, -0.05) is 12.1 Å². The Labute approximate surface area is 172 Å². The second kappa shape index (κ2) is 9.41. The molecule has 2 fully saturated rings. The van der Waals surface area contributed by atoms with Crippen molar-refractivity contribution in [2.24, 2.45) is 0 Å². The molecule has 0 unspecified atom stereocenters. The third kappa shape index (κ3) is 5.36. The van der Waals surface area contributed by atoms with E-state index in [4.69, 9.17) is 9.72 Å². The molecule has 0 radical (unpaired) electrons. The highest BCUT2D eigenvalue weighted by Gasteiger charge is 2.27. The maximum atomic E-state index is 9.39. The van der Waals surface area contributed by atoms with Crippen molar-refractivity contribution in [3.63, 3.8) is 0 Å². The van der Waals surface area contributed by atoms with Crippen LogP contribution in [0.1, 0.15) is 24.1 Å². The summed E-state index contributed by atoms with van der Waals surface area (Å²) in [5.41, 5.74) is 2.17. The summed E-state index contributed by atoms with van der Waals surface area (Å²) in [6.07, 6.45) is 3.19. The molecule has 1 aromatic heterocycles. The fraction of sp³-hybridized carbons (Fsp3) is 0.545. The highest BCUT2D eigenvalue weighted by atomic mass is 16.5. The maximum Gasteiger partial charge on any atom is 0.227 e. The molecule has 0 saturated carbocycles. The minimum Gasteiger partial charge on any atom is -0.508 e. The lowest BCUT2D eigenvalue weighted by Crippen LogP contribution is -2.49. The van der Waals surface area contributed by atoms with Crippen LogP contribution in [0.25, 0.3) is 0 Å². The number of aromatic hydroxyl groups is 1. The summed E-state index contributed by atoms with van der Waals surface area (Å²) in [7, 11) is 0. The number of hydrogen-bond donors (Lipinski definition) is 2. The van der Waals surface area contributed by atoms with Crippen molar-refractivity contribution in [2.75, 3.05) is 56.2 Å². The Hall–Kier alpha value is -2.38. The minimum absolute atomic E-state index is 0.301. The summed E-state index contributed by atoms with van der Waals surface area (Å²) < 4.78 is 5.48. The molecule has 2 aliphatic rings. The van der Waals surface area contributed by atoms with Gasteiger partial charge >= 0.3 is 0 Å². The van der Waals surface area contributed by atoms with Crippen molar-refractivity contribution < 1.29 is 9.84 Å². The fourth-order valence-electron chi connectivity index (χ4n) is 4.16. The predicted octanol–water partition coefficient (Wildman–Crippen LogP) is 2.45. The van der Waals surface area contributed by atoms with Crippen LogP contribution in [0, 0.1) is 6.92 Å². The van der Waals surface area contributed by atoms with Gasteiger partial charge < -0.3 is 20.1 Å². The minimum atomic E-state index is 0.301. The van der Waals surface area contributed by atoms with E-state index in [1.165, 1.54) is 5.56 Å². The average molecular weight is 398 g/mol. The van der Waals surface area contributed by atoms with Crippen LogP contribution in [0.4, 0.5) is 11.8 Å². The van der Waals surface area contributed by atoms with Gasteiger partial charge in [-0.2, -0.15) is 4.98 Å². The normalized spacial score (nSPS) is 18.7. The molecule has 0 aliphatic carbocycles. The van der Waals surface area contributed by atoms with Crippen molar-refractivity contribution in [3.8, 4) is 5.75 Å². The van der Waals surface area contributed by atoms with Gasteiger partial charge in [-0.05, 0) is 43.9 Å². The lowest BCUT2D eigenvalue weighted by atomic mass is 10.0. The van der Waals surface area contributed by atoms with Crippen molar-refractivity contribution in [1.82, 2.24) is 14.9 Å². The first kappa shape index (κ1) is 19.9. The third-order valence-electron chi connectivity index (χ3n) is 5.81. The van der Waals surface area contributed by atoms with Gasteiger partial charge in [0.15, 0.2) is 0 Å². The number of nitrogens with one attached hydrogen (secondary N) is 1. The first-order valence-electron chi connectivity index (χ1n) is 10.6. The van der Waals surface area contributed by atoms with E-state index in [-0.39, 0.29) is 0 Å². The molecule has 2 N–H and O–H groups in total. The smallest absolute Gasteiger partial charge is 0.227 e. The topological polar surface area (TPSA) is 73.8 Å². The predicted molar refractivity (Wildman–Crippen MR) is 115 cm³/mol. The van der Waals surface area contributed by atoms with Crippen LogP contribution < -0.4 is 10.2 Å². The molecule has 2 saturated heterocycles. The van der Waals surface area contributed by atoms with Crippen LogP contribution in [0.5, 0.6) is 5.75 Å². The van der Waals surface area contributed by atoms with E-state index in [9.17, 15) is 5.11 Å². The van der Waals surface area contributed by atoms with Crippen LogP contribution in [0.15, 0.2) is 30.3 Å². The summed E-state index contributed by atoms with van der Waals surface area (Å²) in [5.74, 6) is 2.01. The number of phenols is 1. The van der Waals surface area contributed by atoms with Gasteiger partial charge in [0.05, 0.1) is 13.2 Å². The fourth-order valence-corrected chi connectivity index (χ4v) is 4.16. The first-order valence-corrected chi connectivity index (χ1v) is 10.6. The van der Waals surface area contributed by atoms with Gasteiger partial charge in [0.25, 0.3) is 0 Å². The largest absolute Gasteiger partial charge is 0.508 e. The summed E-state index contributed by atoms with van der Waals surface area (Å²) in [5, 5.41) is 12.8. The highest BCUT2D eigenvalue weighted by molar-refractivity contribution is 5.44. The van der Waals surface area contributed by atoms with Crippen molar-refractivity contribution in [2.45, 2.75) is 32.2 Å². The van der Waals surface area contributed by atoms with Crippen LogP contribution in [0.3, 0.4) is 0 Å². The van der Waals surface area contributed by atoms with Gasteiger partial charge in [-0.3, -0.25) is 4.90 Å². The van der Waals surface area contributed by atoms with Gasteiger partial charge in [0.2, 0.25) is 5.95 Å². The number of nitrogens with zero attached hydrogens (tertiary/aromatic N) is 4. The van der Waals surface area contributed by atoms with E-state index in [0.29, 0.717) is 11.8 Å². The van der Waals surface area contributed by atoms with Crippen LogP contribution in [-0.2, 0) is 11.2 Å². The van der Waals surface area contributed by atoms with Crippen LogP contribution in [-0.4, -0.2) is 72.0 Å². The molecule has 0 amide bonds. The molecule has 0 spiro atoms. The lowest BCUT2D eigenvalue weighted by molar-refractivity contribution is 0.0114. The van der Waals surface area contributed by atoms with E-state index >= 15 is 0 Å². The Kier molecular flexibility index (Phi) is 6.46. The summed E-state index contributed by atoms with van der Waals surface area (Å²) in [4.78, 5) is 14.3. The molecule has 2 aromatic rings. The number of ether oxygens (including phenoxy) is 1. The summed E-state index contributed by atoms with van der Waals surface area (Å²) >= 11 is 0. The molecule has 4 rings (SSSR count). The van der Waals surface area contributed by atoms with Crippen LogP contribution >= 0.6 is 0 Å². The second-order valence-corrected chi connectivity index (χ2v) is 7.90. The number of aryl methyl sites for hydroxylation is 1. The van der Waals surface area contributed by atoms with Crippen molar-refractivity contribution in [1.29, 1.82) is 0 Å². The summed E-state index contributed by atoms with van der Waals surface area (Å²) in [6, 6.07) is 10.0. The van der Waals surface area contributed by atoms with E-state index in [2.05, 4.69) is 20.1 Å². The van der Waals surface area contributed by atoms with Gasteiger partial charge in [0.1, 0.15) is 11.6 Å². The van der Waals surface area contributed by atoms with E-state index in [1.807, 2.05) is 25.1 Å². The van der Waals surface area contributed by atoms with Gasteiger partial charge in [-0.25, -0.2) is 4.98 Å². The Bertz CT molecular complexity index is 784.